The zero-order chi connectivity index (χ0) is 26.6. The first kappa shape index (κ1) is 26.6. The molecule has 194 valence electrons. The molecule has 0 bridgehead atoms. The summed E-state index contributed by atoms with van der Waals surface area (Å²) in [6, 6.07) is 15.9. The van der Waals surface area contributed by atoms with E-state index in [9.17, 15) is 13.4 Å². The number of nitrogens with zero attached hydrogens (tertiary/aromatic N) is 3. The largest absolute Gasteiger partial charge is 0.345 e. The minimum atomic E-state index is -2.96. The second-order valence-electron chi connectivity index (χ2n) is 9.43. The number of nitrogens with one attached hydrogen (secondary N) is 2. The molecule has 0 saturated heterocycles. The highest BCUT2D eigenvalue weighted by atomic mass is 32.2. The molecule has 0 spiro atoms. The fourth-order valence-electron chi connectivity index (χ4n) is 4.86. The summed E-state index contributed by atoms with van der Waals surface area (Å²) < 4.78 is 37.5. The van der Waals surface area contributed by atoms with Gasteiger partial charge in [-0.15, -0.1) is 0 Å². The molecular formula is C28H32FN5O2S. The van der Waals surface area contributed by atoms with Crippen LogP contribution in [0.5, 0.6) is 0 Å². The SMILES string of the molecule is CCN=S1(=O)NC(C(C)CCc2ccccc2)CCc2c1cn(C)c2C(=O)Nc1ccc(F)c(C#N)c1. The maximum Gasteiger partial charge on any atom is 0.272 e. The van der Waals surface area contributed by atoms with E-state index in [4.69, 9.17) is 5.26 Å². The quantitative estimate of drug-likeness (QED) is 0.446. The molecule has 3 aromatic rings. The van der Waals surface area contributed by atoms with E-state index in [2.05, 4.69) is 33.5 Å². The number of benzene rings is 2. The Labute approximate surface area is 218 Å². The number of carbonyl (C=O) groups excluding carboxylic acids is 1. The van der Waals surface area contributed by atoms with Gasteiger partial charge in [0.15, 0.2) is 0 Å². The number of nitriles is 1. The zero-order valence-electron chi connectivity index (χ0n) is 21.3. The van der Waals surface area contributed by atoms with Crippen molar-refractivity contribution in [1.82, 2.24) is 9.29 Å². The number of carbonyl (C=O) groups is 1. The topological polar surface area (TPSA) is 99.3 Å². The number of halogens is 1. The van der Waals surface area contributed by atoms with Crippen molar-refractivity contribution in [3.63, 3.8) is 0 Å². The van der Waals surface area contributed by atoms with E-state index in [1.165, 1.54) is 17.7 Å². The lowest BCUT2D eigenvalue weighted by Crippen LogP contribution is -2.38. The minimum Gasteiger partial charge on any atom is -0.345 e. The molecule has 0 radical (unpaired) electrons. The van der Waals surface area contributed by atoms with E-state index in [1.54, 1.807) is 23.9 Å². The molecule has 3 atom stereocenters. The summed E-state index contributed by atoms with van der Waals surface area (Å²) in [5.74, 6) is -0.813. The Morgan fingerprint density at radius 3 is 2.78 bits per heavy atom. The molecule has 9 heteroatoms. The third-order valence-corrected chi connectivity index (χ3v) is 9.04. The van der Waals surface area contributed by atoms with Crippen molar-refractivity contribution in [3.8, 4) is 6.07 Å². The van der Waals surface area contributed by atoms with Crippen LogP contribution in [0.4, 0.5) is 10.1 Å². The summed E-state index contributed by atoms with van der Waals surface area (Å²) in [7, 11) is -1.22. The first-order valence-corrected chi connectivity index (χ1v) is 14.0. The summed E-state index contributed by atoms with van der Waals surface area (Å²) in [6.45, 7) is 4.39. The molecule has 2 aromatic carbocycles. The van der Waals surface area contributed by atoms with Gasteiger partial charge in [0.1, 0.15) is 27.5 Å². The second-order valence-corrected chi connectivity index (χ2v) is 11.4. The van der Waals surface area contributed by atoms with Gasteiger partial charge in [-0.05, 0) is 62.3 Å². The average molecular weight is 522 g/mol. The molecule has 1 amide bonds. The van der Waals surface area contributed by atoms with Crippen LogP contribution in [0.25, 0.3) is 0 Å². The van der Waals surface area contributed by atoms with Gasteiger partial charge in [0.05, 0.1) is 10.5 Å². The number of anilines is 1. The Morgan fingerprint density at radius 1 is 1.32 bits per heavy atom. The Hall–Kier alpha value is -3.48. The average Bonchev–Trinajstić information content (AvgIpc) is 3.16. The van der Waals surface area contributed by atoms with Crippen molar-refractivity contribution < 1.29 is 13.4 Å². The van der Waals surface area contributed by atoms with Crippen LogP contribution >= 0.6 is 0 Å². The molecule has 1 aliphatic heterocycles. The van der Waals surface area contributed by atoms with Crippen LogP contribution in [-0.2, 0) is 29.8 Å². The summed E-state index contributed by atoms with van der Waals surface area (Å²) in [5.41, 5.74) is 2.53. The van der Waals surface area contributed by atoms with Crippen LogP contribution in [0.15, 0.2) is 64.0 Å². The second kappa shape index (κ2) is 11.3. The van der Waals surface area contributed by atoms with E-state index < -0.39 is 21.6 Å². The third-order valence-electron chi connectivity index (χ3n) is 6.85. The highest BCUT2D eigenvalue weighted by Crippen LogP contribution is 2.31. The predicted molar refractivity (Wildman–Crippen MR) is 143 cm³/mol. The van der Waals surface area contributed by atoms with Crippen molar-refractivity contribution in [2.24, 2.45) is 17.3 Å². The highest BCUT2D eigenvalue weighted by molar-refractivity contribution is 7.91. The van der Waals surface area contributed by atoms with E-state index in [0.717, 1.165) is 18.9 Å². The molecule has 2 heterocycles. The van der Waals surface area contributed by atoms with Gasteiger partial charge in [0.2, 0.25) is 0 Å². The number of fused-ring (bicyclic) bond motifs is 1. The van der Waals surface area contributed by atoms with Crippen molar-refractivity contribution >= 4 is 21.5 Å². The van der Waals surface area contributed by atoms with E-state index in [1.807, 2.05) is 25.1 Å². The minimum absolute atomic E-state index is 0.0320. The smallest absolute Gasteiger partial charge is 0.272 e. The normalized spacial score (nSPS) is 19.8. The molecule has 0 aliphatic carbocycles. The highest BCUT2D eigenvalue weighted by Gasteiger charge is 2.33. The predicted octanol–water partition coefficient (Wildman–Crippen LogP) is 5.22. The lowest BCUT2D eigenvalue weighted by molar-refractivity contribution is 0.101. The van der Waals surface area contributed by atoms with Gasteiger partial charge in [-0.3, -0.25) is 4.79 Å². The van der Waals surface area contributed by atoms with E-state index >= 15 is 0 Å². The Morgan fingerprint density at radius 2 is 2.08 bits per heavy atom. The van der Waals surface area contributed by atoms with Gasteiger partial charge < -0.3 is 9.88 Å². The number of aryl methyl sites for hydroxylation is 2. The van der Waals surface area contributed by atoms with Crippen LogP contribution in [0.1, 0.15) is 53.9 Å². The maximum absolute atomic E-state index is 14.2. The lowest BCUT2D eigenvalue weighted by atomic mass is 9.91. The fourth-order valence-corrected chi connectivity index (χ4v) is 7.16. The molecule has 37 heavy (non-hydrogen) atoms. The summed E-state index contributed by atoms with van der Waals surface area (Å²) in [5, 5.41) is 11.9. The van der Waals surface area contributed by atoms with Crippen molar-refractivity contribution in [3.05, 3.63) is 82.9 Å². The molecule has 0 fully saturated rings. The summed E-state index contributed by atoms with van der Waals surface area (Å²) in [6.07, 6.45) is 4.85. The van der Waals surface area contributed by atoms with Crippen molar-refractivity contribution in [2.75, 3.05) is 11.9 Å². The number of aromatic nitrogens is 1. The number of amides is 1. The summed E-state index contributed by atoms with van der Waals surface area (Å²) in [4.78, 5) is 13.9. The third kappa shape index (κ3) is 5.76. The van der Waals surface area contributed by atoms with Crippen LogP contribution in [0.2, 0.25) is 0 Å². The fraction of sp³-hybridized carbons (Fsp3) is 0.357. The van der Waals surface area contributed by atoms with E-state index in [0.29, 0.717) is 41.2 Å². The maximum atomic E-state index is 14.2. The molecular weight excluding hydrogens is 489 g/mol. The molecule has 2 N–H and O–H groups in total. The lowest BCUT2D eigenvalue weighted by Gasteiger charge is -2.25. The van der Waals surface area contributed by atoms with Gasteiger partial charge in [-0.1, -0.05) is 37.3 Å². The van der Waals surface area contributed by atoms with Crippen molar-refractivity contribution in [1.29, 1.82) is 5.26 Å². The summed E-state index contributed by atoms with van der Waals surface area (Å²) >= 11 is 0. The molecule has 7 nitrogen and oxygen atoms in total. The molecule has 1 aliphatic rings. The van der Waals surface area contributed by atoms with Crippen LogP contribution in [0.3, 0.4) is 0 Å². The zero-order valence-corrected chi connectivity index (χ0v) is 22.1. The number of hydrogen-bond donors (Lipinski definition) is 2. The van der Waals surface area contributed by atoms with Gasteiger partial charge in [-0.25, -0.2) is 17.7 Å². The monoisotopic (exact) mass is 521 g/mol. The molecule has 4 rings (SSSR count). The molecule has 1 aromatic heterocycles. The first-order valence-electron chi connectivity index (χ1n) is 12.5. The van der Waals surface area contributed by atoms with Crippen LogP contribution < -0.4 is 10.0 Å². The van der Waals surface area contributed by atoms with Crippen LogP contribution in [0, 0.1) is 23.1 Å². The van der Waals surface area contributed by atoms with Gasteiger partial charge in [-0.2, -0.15) is 5.26 Å². The van der Waals surface area contributed by atoms with Gasteiger partial charge in [0.25, 0.3) is 5.91 Å². The Bertz CT molecular complexity index is 1450. The Balaban J connectivity index is 1.61. The van der Waals surface area contributed by atoms with E-state index in [-0.39, 0.29) is 17.5 Å². The molecule has 0 saturated carbocycles. The number of hydrogen-bond acceptors (Lipinski definition) is 4. The van der Waals surface area contributed by atoms with Crippen LogP contribution in [-0.4, -0.2) is 27.3 Å². The Kier molecular flexibility index (Phi) is 8.10. The van der Waals surface area contributed by atoms with Gasteiger partial charge in [0, 0.05) is 37.1 Å². The first-order chi connectivity index (χ1) is 17.8. The molecule has 3 unspecified atom stereocenters. The number of rotatable bonds is 7. The van der Waals surface area contributed by atoms with Gasteiger partial charge >= 0.3 is 0 Å². The standard InChI is InChI=1S/C28H32FN5O2S/c1-4-31-37(36)26-18-34(3)27(28(35)32-22-12-14-24(29)21(16-22)17-30)23(26)13-15-25(33-37)19(2)10-11-20-8-6-5-7-9-20/h5-9,12,14,16,18-19,25H,4,10-11,13,15H2,1-3H3,(H,32,35)(H,31,33,36). The van der Waals surface area contributed by atoms with Crippen molar-refractivity contribution in [2.45, 2.75) is 50.5 Å².